The molecule has 2 rings (SSSR count). The van der Waals surface area contributed by atoms with Gasteiger partial charge in [-0.15, -0.1) is 0 Å². The van der Waals surface area contributed by atoms with Gasteiger partial charge in [-0.1, -0.05) is 12.1 Å². The van der Waals surface area contributed by atoms with Crippen molar-refractivity contribution in [1.29, 1.82) is 0 Å². The number of amides is 1. The van der Waals surface area contributed by atoms with Crippen LogP contribution in [0, 0.1) is 0 Å². The lowest BCUT2D eigenvalue weighted by Crippen LogP contribution is -2.22. The van der Waals surface area contributed by atoms with Crippen LogP contribution in [0.15, 0.2) is 41.3 Å². The Balaban J connectivity index is 2.45. The number of carboxylic acids is 1. The van der Waals surface area contributed by atoms with Crippen LogP contribution >= 0.6 is 0 Å². The number of rotatable bonds is 4. The van der Waals surface area contributed by atoms with Gasteiger partial charge >= 0.3 is 5.97 Å². The zero-order valence-corrected chi connectivity index (χ0v) is 11.3. The number of H-pyrrole nitrogens is 1. The van der Waals surface area contributed by atoms with Crippen LogP contribution in [0.1, 0.15) is 27.6 Å². The standard InChI is InChI=1S/C15H14N2O4/c1-2-16-13(18)10-5-3-4-9(6-10)11-7-12(15(20)21)14(19)17-8-11/h3-8H,2H2,1H3,(H,16,18)(H,17,19)(H,20,21). The van der Waals surface area contributed by atoms with E-state index in [4.69, 9.17) is 5.11 Å². The summed E-state index contributed by atoms with van der Waals surface area (Å²) >= 11 is 0. The van der Waals surface area contributed by atoms with E-state index < -0.39 is 11.5 Å². The zero-order chi connectivity index (χ0) is 15.4. The van der Waals surface area contributed by atoms with Crippen LogP contribution in [-0.4, -0.2) is 28.5 Å². The van der Waals surface area contributed by atoms with Gasteiger partial charge in [0.25, 0.3) is 11.5 Å². The first kappa shape index (κ1) is 14.5. The number of pyridine rings is 1. The molecule has 0 saturated heterocycles. The summed E-state index contributed by atoms with van der Waals surface area (Å²) in [7, 11) is 0. The van der Waals surface area contributed by atoms with E-state index in [1.807, 2.05) is 6.92 Å². The molecule has 0 aliphatic heterocycles. The van der Waals surface area contributed by atoms with Crippen LogP contribution in [0.4, 0.5) is 0 Å². The number of aromatic carboxylic acids is 1. The summed E-state index contributed by atoms with van der Waals surface area (Å²) in [5.41, 5.74) is 0.648. The lowest BCUT2D eigenvalue weighted by molar-refractivity contribution is 0.0694. The molecule has 0 bridgehead atoms. The first-order valence-corrected chi connectivity index (χ1v) is 6.37. The number of carbonyl (C=O) groups excluding carboxylic acids is 1. The lowest BCUT2D eigenvalue weighted by atomic mass is 10.0. The van der Waals surface area contributed by atoms with Crippen LogP contribution in [0.5, 0.6) is 0 Å². The molecule has 2 aromatic rings. The van der Waals surface area contributed by atoms with Gasteiger partial charge in [0.1, 0.15) is 5.56 Å². The summed E-state index contributed by atoms with van der Waals surface area (Å²) in [6.07, 6.45) is 1.42. The largest absolute Gasteiger partial charge is 0.477 e. The van der Waals surface area contributed by atoms with Gasteiger partial charge in [-0.05, 0) is 36.2 Å². The Morgan fingerprint density at radius 1 is 1.24 bits per heavy atom. The van der Waals surface area contributed by atoms with E-state index >= 15 is 0 Å². The molecule has 0 aliphatic rings. The van der Waals surface area contributed by atoms with Gasteiger partial charge in [0.15, 0.2) is 0 Å². The number of hydrogen-bond acceptors (Lipinski definition) is 3. The summed E-state index contributed by atoms with van der Waals surface area (Å²) in [4.78, 5) is 36.6. The van der Waals surface area contributed by atoms with Crippen LogP contribution in [0.3, 0.4) is 0 Å². The number of carboxylic acid groups (broad SMARTS) is 1. The second kappa shape index (κ2) is 6.04. The summed E-state index contributed by atoms with van der Waals surface area (Å²) in [5.74, 6) is -1.50. The number of aromatic nitrogens is 1. The summed E-state index contributed by atoms with van der Waals surface area (Å²) in [6.45, 7) is 2.34. The summed E-state index contributed by atoms with van der Waals surface area (Å²) in [6, 6.07) is 8.04. The highest BCUT2D eigenvalue weighted by molar-refractivity contribution is 5.95. The highest BCUT2D eigenvalue weighted by Gasteiger charge is 2.11. The average molecular weight is 286 g/mol. The van der Waals surface area contributed by atoms with E-state index in [0.717, 1.165) is 0 Å². The van der Waals surface area contributed by atoms with Crippen LogP contribution in [0.25, 0.3) is 11.1 Å². The Labute approximate surface area is 120 Å². The predicted octanol–water partition coefficient (Wildman–Crippen LogP) is 1.49. The molecule has 0 atom stereocenters. The number of carbonyl (C=O) groups is 2. The second-order valence-corrected chi connectivity index (χ2v) is 4.38. The molecule has 3 N–H and O–H groups in total. The van der Waals surface area contributed by atoms with Crippen LogP contribution in [0.2, 0.25) is 0 Å². The maximum absolute atomic E-state index is 11.8. The topological polar surface area (TPSA) is 99.3 Å². The smallest absolute Gasteiger partial charge is 0.341 e. The van der Waals surface area contributed by atoms with E-state index in [9.17, 15) is 14.4 Å². The molecule has 1 heterocycles. The maximum atomic E-state index is 11.8. The number of aromatic amines is 1. The molecule has 0 fully saturated rings. The molecule has 21 heavy (non-hydrogen) atoms. The molecule has 0 aliphatic carbocycles. The Bertz CT molecular complexity index is 749. The molecule has 0 unspecified atom stereocenters. The van der Waals surface area contributed by atoms with Crippen molar-refractivity contribution < 1.29 is 14.7 Å². The minimum Gasteiger partial charge on any atom is -0.477 e. The minimum atomic E-state index is -1.29. The van der Waals surface area contributed by atoms with Crippen molar-refractivity contribution in [1.82, 2.24) is 10.3 Å². The predicted molar refractivity (Wildman–Crippen MR) is 77.5 cm³/mol. The average Bonchev–Trinajstić information content (AvgIpc) is 2.48. The fourth-order valence-corrected chi connectivity index (χ4v) is 1.91. The maximum Gasteiger partial charge on any atom is 0.341 e. The molecule has 1 aromatic heterocycles. The zero-order valence-electron chi connectivity index (χ0n) is 11.3. The van der Waals surface area contributed by atoms with Gasteiger partial charge in [0.2, 0.25) is 0 Å². The van der Waals surface area contributed by atoms with Gasteiger partial charge in [-0.2, -0.15) is 0 Å². The van der Waals surface area contributed by atoms with E-state index in [-0.39, 0.29) is 11.5 Å². The van der Waals surface area contributed by atoms with Gasteiger partial charge in [0, 0.05) is 18.3 Å². The highest BCUT2D eigenvalue weighted by atomic mass is 16.4. The van der Waals surface area contributed by atoms with Crippen molar-refractivity contribution in [3.8, 4) is 11.1 Å². The number of benzene rings is 1. The molecule has 0 radical (unpaired) electrons. The third-order valence-electron chi connectivity index (χ3n) is 2.93. The van der Waals surface area contributed by atoms with E-state index in [1.54, 1.807) is 24.3 Å². The first-order valence-electron chi connectivity index (χ1n) is 6.37. The van der Waals surface area contributed by atoms with E-state index in [1.165, 1.54) is 12.3 Å². The van der Waals surface area contributed by atoms with Crippen molar-refractivity contribution in [3.05, 3.63) is 58.0 Å². The first-order chi connectivity index (χ1) is 10.0. The molecular weight excluding hydrogens is 272 g/mol. The quantitative estimate of drug-likeness (QED) is 0.792. The van der Waals surface area contributed by atoms with Crippen molar-refractivity contribution in [2.75, 3.05) is 6.54 Å². The second-order valence-electron chi connectivity index (χ2n) is 4.38. The van der Waals surface area contributed by atoms with Crippen LogP contribution in [-0.2, 0) is 0 Å². The van der Waals surface area contributed by atoms with Gasteiger partial charge in [-0.25, -0.2) is 4.79 Å². The van der Waals surface area contributed by atoms with E-state index in [2.05, 4.69) is 10.3 Å². The van der Waals surface area contributed by atoms with Crippen molar-refractivity contribution in [2.45, 2.75) is 6.92 Å². The van der Waals surface area contributed by atoms with E-state index in [0.29, 0.717) is 23.2 Å². The molecule has 0 spiro atoms. The fraction of sp³-hybridized carbons (Fsp3) is 0.133. The van der Waals surface area contributed by atoms with Crippen molar-refractivity contribution in [3.63, 3.8) is 0 Å². The lowest BCUT2D eigenvalue weighted by Gasteiger charge is -2.06. The molecule has 1 amide bonds. The van der Waals surface area contributed by atoms with Crippen molar-refractivity contribution in [2.24, 2.45) is 0 Å². The Morgan fingerprint density at radius 3 is 2.67 bits per heavy atom. The van der Waals surface area contributed by atoms with Crippen molar-refractivity contribution >= 4 is 11.9 Å². The van der Waals surface area contributed by atoms with Crippen LogP contribution < -0.4 is 10.9 Å². The normalized spacial score (nSPS) is 10.1. The third-order valence-corrected chi connectivity index (χ3v) is 2.93. The Kier molecular flexibility index (Phi) is 4.18. The molecule has 0 saturated carbocycles. The third kappa shape index (κ3) is 3.17. The molecule has 6 nitrogen and oxygen atoms in total. The molecule has 6 heteroatoms. The minimum absolute atomic E-state index is 0.206. The monoisotopic (exact) mass is 286 g/mol. The SMILES string of the molecule is CCNC(=O)c1cccc(-c2c[nH]c(=O)c(C(=O)O)c2)c1. The van der Waals surface area contributed by atoms with Gasteiger partial charge < -0.3 is 15.4 Å². The number of nitrogens with one attached hydrogen (secondary N) is 2. The molecule has 108 valence electrons. The Hall–Kier alpha value is -2.89. The molecule has 1 aromatic carbocycles. The van der Waals surface area contributed by atoms with Gasteiger partial charge in [0.05, 0.1) is 0 Å². The fourth-order valence-electron chi connectivity index (χ4n) is 1.91. The molecular formula is C15H14N2O4. The summed E-state index contributed by atoms with van der Waals surface area (Å²) in [5, 5.41) is 11.7. The van der Waals surface area contributed by atoms with Gasteiger partial charge in [-0.3, -0.25) is 9.59 Å². The highest BCUT2D eigenvalue weighted by Crippen LogP contribution is 2.19. The summed E-state index contributed by atoms with van der Waals surface area (Å²) < 4.78 is 0. The number of hydrogen-bond donors (Lipinski definition) is 3. The Morgan fingerprint density at radius 2 is 2.00 bits per heavy atom.